The van der Waals surface area contributed by atoms with Gasteiger partial charge >= 0.3 is 18.2 Å². The molecule has 2 heterocycles. The van der Waals surface area contributed by atoms with Crippen LogP contribution in [0, 0.1) is 0 Å². The predicted octanol–water partition coefficient (Wildman–Crippen LogP) is 3.47. The summed E-state index contributed by atoms with van der Waals surface area (Å²) in [5, 5.41) is 17.0. The van der Waals surface area contributed by atoms with Crippen molar-refractivity contribution in [1.82, 2.24) is 5.32 Å². The van der Waals surface area contributed by atoms with Crippen LogP contribution in [0.15, 0.2) is 24.3 Å². The van der Waals surface area contributed by atoms with Crippen LogP contribution in [-0.2, 0) is 17.6 Å². The smallest absolute Gasteiger partial charge is 0.475 e. The maximum absolute atomic E-state index is 12.2. The second-order valence-corrected chi connectivity index (χ2v) is 7.75. The van der Waals surface area contributed by atoms with Gasteiger partial charge in [-0.1, -0.05) is 11.6 Å². The second-order valence-electron chi connectivity index (χ2n) is 6.21. The molecule has 0 fully saturated rings. The predicted molar refractivity (Wildman–Crippen MR) is 111 cm³/mol. The number of hydrogen-bond donors (Lipinski definition) is 5. The number of benzene rings is 1. The number of carbonyl (C=O) groups is 3. The Kier molecular flexibility index (Phi) is 8.25. The standard InChI is InChI=1S/C16H17ClN4O2S.C2HF3O2/c17-9-1-3-10(4-2-9)20-16(23)21-15-13(14(18)22)11-5-7-19-8-6-12(11)24-15;3-2(4,5)1(6)7/h1-4,19H,5-8H2,(H2,18,22)(H2,20,21,23);(H,6,7). The zero-order valence-electron chi connectivity index (χ0n) is 15.8. The minimum Gasteiger partial charge on any atom is -0.475 e. The Labute approximate surface area is 183 Å². The molecule has 13 heteroatoms. The number of amides is 3. The largest absolute Gasteiger partial charge is 0.490 e. The Hall–Kier alpha value is -2.83. The SMILES string of the molecule is NC(=O)c1c(NC(=O)Nc2ccc(Cl)cc2)sc2c1CCNCC2.O=C(O)C(F)(F)F. The van der Waals surface area contributed by atoms with Crippen molar-refractivity contribution in [3.05, 3.63) is 45.3 Å². The first kappa shape index (κ1) is 24.4. The third kappa shape index (κ3) is 7.12. The third-order valence-corrected chi connectivity index (χ3v) is 5.45. The molecule has 0 spiro atoms. The number of carboxylic acids is 1. The molecule has 1 aliphatic rings. The highest BCUT2D eigenvalue weighted by Gasteiger charge is 2.38. The molecular formula is C18H18ClF3N4O4S. The summed E-state index contributed by atoms with van der Waals surface area (Å²) < 4.78 is 31.7. The van der Waals surface area contributed by atoms with Crippen LogP contribution >= 0.6 is 22.9 Å². The van der Waals surface area contributed by atoms with Crippen LogP contribution in [-0.4, -0.2) is 42.3 Å². The van der Waals surface area contributed by atoms with Crippen molar-refractivity contribution in [2.45, 2.75) is 19.0 Å². The summed E-state index contributed by atoms with van der Waals surface area (Å²) in [4.78, 5) is 34.1. The van der Waals surface area contributed by atoms with Crippen molar-refractivity contribution >= 4 is 51.5 Å². The molecule has 0 aliphatic carbocycles. The Morgan fingerprint density at radius 1 is 1.10 bits per heavy atom. The molecule has 3 amide bonds. The molecule has 0 radical (unpaired) electrons. The van der Waals surface area contributed by atoms with Crippen molar-refractivity contribution in [1.29, 1.82) is 0 Å². The number of urea groups is 1. The van der Waals surface area contributed by atoms with E-state index < -0.39 is 24.1 Å². The third-order valence-electron chi connectivity index (χ3n) is 3.99. The molecule has 1 aliphatic heterocycles. The van der Waals surface area contributed by atoms with E-state index >= 15 is 0 Å². The lowest BCUT2D eigenvalue weighted by atomic mass is 10.1. The van der Waals surface area contributed by atoms with Crippen molar-refractivity contribution in [2.24, 2.45) is 5.73 Å². The molecule has 6 N–H and O–H groups in total. The minimum absolute atomic E-state index is 0.421. The number of halogens is 4. The van der Waals surface area contributed by atoms with Gasteiger partial charge in [-0.3, -0.25) is 10.1 Å². The first-order chi connectivity index (χ1) is 14.5. The highest BCUT2D eigenvalue weighted by Crippen LogP contribution is 2.35. The number of carboxylic acid groups (broad SMARTS) is 1. The Morgan fingerprint density at radius 2 is 1.68 bits per heavy atom. The number of hydrogen-bond acceptors (Lipinski definition) is 5. The Balaban J connectivity index is 0.000000423. The van der Waals surface area contributed by atoms with Crippen molar-refractivity contribution < 1.29 is 32.7 Å². The van der Waals surface area contributed by atoms with Crippen LogP contribution in [0.2, 0.25) is 5.02 Å². The quantitative estimate of drug-likeness (QED) is 0.460. The zero-order chi connectivity index (χ0) is 23.2. The maximum atomic E-state index is 12.2. The van der Waals surface area contributed by atoms with Crippen molar-refractivity contribution in [2.75, 3.05) is 23.7 Å². The summed E-state index contributed by atoms with van der Waals surface area (Å²) in [6, 6.07) is 6.35. The number of nitrogens with one attached hydrogen (secondary N) is 3. The first-order valence-electron chi connectivity index (χ1n) is 8.77. The molecule has 2 aromatic rings. The number of anilines is 2. The lowest BCUT2D eigenvalue weighted by Gasteiger charge is -2.08. The molecule has 0 unspecified atom stereocenters. The highest BCUT2D eigenvalue weighted by atomic mass is 35.5. The van der Waals surface area contributed by atoms with Gasteiger partial charge in [0.2, 0.25) is 0 Å². The van der Waals surface area contributed by atoms with E-state index in [2.05, 4.69) is 16.0 Å². The molecule has 3 rings (SSSR count). The molecule has 8 nitrogen and oxygen atoms in total. The minimum atomic E-state index is -5.08. The van der Waals surface area contributed by atoms with E-state index in [0.29, 0.717) is 21.3 Å². The van der Waals surface area contributed by atoms with Gasteiger partial charge in [0, 0.05) is 15.6 Å². The van der Waals surface area contributed by atoms with E-state index in [1.807, 2.05) is 0 Å². The number of alkyl halides is 3. The number of primary amides is 1. The van der Waals surface area contributed by atoms with Crippen LogP contribution in [0.1, 0.15) is 20.8 Å². The van der Waals surface area contributed by atoms with Crippen LogP contribution in [0.3, 0.4) is 0 Å². The first-order valence-corrected chi connectivity index (χ1v) is 9.97. The van der Waals surface area contributed by atoms with Gasteiger partial charge < -0.3 is 21.5 Å². The van der Waals surface area contributed by atoms with Crippen LogP contribution in [0.4, 0.5) is 28.7 Å². The van der Waals surface area contributed by atoms with Gasteiger partial charge in [-0.15, -0.1) is 11.3 Å². The Morgan fingerprint density at radius 3 is 2.23 bits per heavy atom. The fourth-order valence-corrected chi connectivity index (χ4v) is 4.04. The van der Waals surface area contributed by atoms with Crippen molar-refractivity contribution in [3.63, 3.8) is 0 Å². The van der Waals surface area contributed by atoms with Gasteiger partial charge in [-0.05, 0) is 55.8 Å². The number of rotatable bonds is 3. The number of fused-ring (bicyclic) bond motifs is 1. The van der Waals surface area contributed by atoms with Crippen LogP contribution < -0.4 is 21.7 Å². The number of aliphatic carboxylic acids is 1. The fraction of sp³-hybridized carbons (Fsp3) is 0.278. The van der Waals surface area contributed by atoms with Gasteiger partial charge in [0.15, 0.2) is 0 Å². The van der Waals surface area contributed by atoms with Gasteiger partial charge in [-0.25, -0.2) is 9.59 Å². The molecule has 0 atom stereocenters. The van der Waals surface area contributed by atoms with E-state index in [0.717, 1.165) is 36.4 Å². The summed E-state index contributed by atoms with van der Waals surface area (Å²) in [5.41, 5.74) is 7.52. The lowest BCUT2D eigenvalue weighted by Crippen LogP contribution is -2.22. The highest BCUT2D eigenvalue weighted by molar-refractivity contribution is 7.17. The molecule has 31 heavy (non-hydrogen) atoms. The lowest BCUT2D eigenvalue weighted by molar-refractivity contribution is -0.192. The summed E-state index contributed by atoms with van der Waals surface area (Å²) in [5.74, 6) is -3.27. The fourth-order valence-electron chi connectivity index (χ4n) is 2.67. The van der Waals surface area contributed by atoms with E-state index in [1.165, 1.54) is 11.3 Å². The number of thiophene rings is 1. The monoisotopic (exact) mass is 478 g/mol. The molecule has 0 bridgehead atoms. The second kappa shape index (κ2) is 10.5. The van der Waals surface area contributed by atoms with Crippen LogP contribution in [0.25, 0.3) is 0 Å². The van der Waals surface area contributed by atoms with Gasteiger partial charge in [0.05, 0.1) is 5.56 Å². The van der Waals surface area contributed by atoms with Crippen LogP contribution in [0.5, 0.6) is 0 Å². The van der Waals surface area contributed by atoms with E-state index in [-0.39, 0.29) is 0 Å². The summed E-state index contributed by atoms with van der Waals surface area (Å²) in [6.07, 6.45) is -3.54. The number of carbonyl (C=O) groups excluding carboxylic acids is 2. The number of nitrogens with two attached hydrogens (primary N) is 1. The van der Waals surface area contributed by atoms with E-state index in [1.54, 1.807) is 24.3 Å². The average molecular weight is 479 g/mol. The summed E-state index contributed by atoms with van der Waals surface area (Å²) in [7, 11) is 0. The molecular weight excluding hydrogens is 461 g/mol. The normalized spacial score (nSPS) is 13.2. The molecule has 0 saturated heterocycles. The van der Waals surface area contributed by atoms with E-state index in [9.17, 15) is 22.8 Å². The summed E-state index contributed by atoms with van der Waals surface area (Å²) >= 11 is 7.23. The van der Waals surface area contributed by atoms with Gasteiger partial charge in [0.1, 0.15) is 5.00 Å². The maximum Gasteiger partial charge on any atom is 0.490 e. The molecule has 1 aromatic heterocycles. The molecule has 1 aromatic carbocycles. The zero-order valence-corrected chi connectivity index (χ0v) is 17.4. The van der Waals surface area contributed by atoms with Gasteiger partial charge in [-0.2, -0.15) is 13.2 Å². The molecule has 168 valence electrons. The summed E-state index contributed by atoms with van der Waals surface area (Å²) in [6.45, 7) is 1.64. The topological polar surface area (TPSA) is 134 Å². The van der Waals surface area contributed by atoms with E-state index in [4.69, 9.17) is 27.2 Å². The van der Waals surface area contributed by atoms with Crippen molar-refractivity contribution in [3.8, 4) is 0 Å². The average Bonchev–Trinajstić information content (AvgIpc) is 2.84. The molecule has 0 saturated carbocycles. The Bertz CT molecular complexity index is 964. The van der Waals surface area contributed by atoms with Gasteiger partial charge in [0.25, 0.3) is 5.91 Å².